The van der Waals surface area contributed by atoms with E-state index in [0.29, 0.717) is 0 Å². The van der Waals surface area contributed by atoms with Gasteiger partial charge in [-0.05, 0) is 27.3 Å². The van der Waals surface area contributed by atoms with Gasteiger partial charge >= 0.3 is 0 Å². The summed E-state index contributed by atoms with van der Waals surface area (Å²) >= 11 is 1.69. The highest BCUT2D eigenvalue weighted by Gasteiger charge is 2.08. The average Bonchev–Trinajstić information content (AvgIpc) is 2.80. The number of rotatable bonds is 7. The van der Waals surface area contributed by atoms with Gasteiger partial charge in [0, 0.05) is 30.2 Å². The summed E-state index contributed by atoms with van der Waals surface area (Å²) in [5.41, 5.74) is 2.11. The van der Waals surface area contributed by atoms with Crippen molar-refractivity contribution in [2.75, 3.05) is 18.9 Å². The van der Waals surface area contributed by atoms with E-state index in [1.54, 1.807) is 11.3 Å². The van der Waals surface area contributed by atoms with Crippen molar-refractivity contribution in [1.82, 2.24) is 19.9 Å². The Bertz CT molecular complexity index is 581. The average molecular weight is 305 g/mol. The second kappa shape index (κ2) is 7.47. The van der Waals surface area contributed by atoms with E-state index in [-0.39, 0.29) is 0 Å². The van der Waals surface area contributed by atoms with Gasteiger partial charge in [0.15, 0.2) is 0 Å². The number of hydrogen-bond acceptors (Lipinski definition) is 6. The van der Waals surface area contributed by atoms with Crippen LogP contribution < -0.4 is 5.32 Å². The van der Waals surface area contributed by atoms with E-state index in [1.165, 1.54) is 0 Å². The van der Waals surface area contributed by atoms with Crippen LogP contribution in [-0.2, 0) is 13.1 Å². The van der Waals surface area contributed by atoms with Crippen LogP contribution in [0.5, 0.6) is 0 Å². The van der Waals surface area contributed by atoms with Gasteiger partial charge in [0.1, 0.15) is 11.6 Å². The molecule has 0 spiro atoms. The normalized spacial score (nSPS) is 11.1. The third-order valence-corrected chi connectivity index (χ3v) is 3.79. The summed E-state index contributed by atoms with van der Waals surface area (Å²) in [5.74, 6) is 1.76. The Labute approximate surface area is 130 Å². The lowest BCUT2D eigenvalue weighted by atomic mass is 10.3. The Hall–Kier alpha value is -1.53. The van der Waals surface area contributed by atoms with Gasteiger partial charge in [0.05, 0.1) is 17.2 Å². The van der Waals surface area contributed by atoms with Crippen LogP contribution in [-0.4, -0.2) is 33.4 Å². The molecule has 0 radical (unpaired) electrons. The molecular formula is C15H23N5S. The van der Waals surface area contributed by atoms with Crippen LogP contribution in [0.3, 0.4) is 0 Å². The lowest BCUT2D eigenvalue weighted by Crippen LogP contribution is -2.20. The van der Waals surface area contributed by atoms with Crippen molar-refractivity contribution in [3.63, 3.8) is 0 Å². The minimum Gasteiger partial charge on any atom is -0.370 e. The molecule has 0 fully saturated rings. The quantitative estimate of drug-likeness (QED) is 0.852. The Morgan fingerprint density at radius 2 is 2.00 bits per heavy atom. The first-order chi connectivity index (χ1) is 10.1. The van der Waals surface area contributed by atoms with Gasteiger partial charge in [-0.2, -0.15) is 0 Å². The third-order valence-electron chi connectivity index (χ3n) is 2.97. The Morgan fingerprint density at radius 3 is 2.67 bits per heavy atom. The molecule has 2 rings (SSSR count). The van der Waals surface area contributed by atoms with Crippen molar-refractivity contribution in [2.24, 2.45) is 0 Å². The summed E-state index contributed by atoms with van der Waals surface area (Å²) in [7, 11) is 2.07. The number of aryl methyl sites for hydroxylation is 2. The van der Waals surface area contributed by atoms with Crippen LogP contribution in [0.2, 0.25) is 0 Å². The van der Waals surface area contributed by atoms with E-state index >= 15 is 0 Å². The second-order valence-electron chi connectivity index (χ2n) is 5.27. The van der Waals surface area contributed by atoms with Gasteiger partial charge in [0.2, 0.25) is 0 Å². The molecule has 0 aliphatic carbocycles. The lowest BCUT2D eigenvalue weighted by Gasteiger charge is -2.15. The SMILES string of the molecule is CCCNc1cc(C)nc(CN(C)Cc2csc(C)n2)n1. The van der Waals surface area contributed by atoms with E-state index in [4.69, 9.17) is 0 Å². The summed E-state index contributed by atoms with van der Waals surface area (Å²) in [6, 6.07) is 1.99. The van der Waals surface area contributed by atoms with Gasteiger partial charge in [-0.15, -0.1) is 11.3 Å². The van der Waals surface area contributed by atoms with E-state index < -0.39 is 0 Å². The molecule has 0 amide bonds. The molecule has 0 atom stereocenters. The molecule has 6 heteroatoms. The molecule has 5 nitrogen and oxygen atoms in total. The topological polar surface area (TPSA) is 53.9 Å². The van der Waals surface area contributed by atoms with E-state index in [0.717, 1.165) is 54.1 Å². The number of nitrogens with one attached hydrogen (secondary N) is 1. The van der Waals surface area contributed by atoms with Gasteiger partial charge < -0.3 is 5.32 Å². The molecular weight excluding hydrogens is 282 g/mol. The van der Waals surface area contributed by atoms with Gasteiger partial charge in [0.25, 0.3) is 0 Å². The summed E-state index contributed by atoms with van der Waals surface area (Å²) < 4.78 is 0. The Kier molecular flexibility index (Phi) is 5.64. The second-order valence-corrected chi connectivity index (χ2v) is 6.33. The van der Waals surface area contributed by atoms with Crippen molar-refractivity contribution < 1.29 is 0 Å². The maximum atomic E-state index is 4.58. The Morgan fingerprint density at radius 1 is 1.19 bits per heavy atom. The molecule has 0 aliphatic heterocycles. The zero-order chi connectivity index (χ0) is 15.2. The minimum atomic E-state index is 0.721. The molecule has 0 saturated carbocycles. The van der Waals surface area contributed by atoms with Crippen molar-refractivity contribution >= 4 is 17.2 Å². The highest BCUT2D eigenvalue weighted by Crippen LogP contribution is 2.12. The monoisotopic (exact) mass is 305 g/mol. The van der Waals surface area contributed by atoms with E-state index in [2.05, 4.69) is 44.5 Å². The van der Waals surface area contributed by atoms with Gasteiger partial charge in [-0.25, -0.2) is 15.0 Å². The van der Waals surface area contributed by atoms with Crippen LogP contribution >= 0.6 is 11.3 Å². The molecule has 2 heterocycles. The predicted octanol–water partition coefficient (Wildman–Crippen LogP) is 3.00. The molecule has 21 heavy (non-hydrogen) atoms. The molecule has 1 N–H and O–H groups in total. The maximum absolute atomic E-state index is 4.58. The summed E-state index contributed by atoms with van der Waals surface area (Å²) in [6.45, 7) is 8.66. The molecule has 0 saturated heterocycles. The van der Waals surface area contributed by atoms with Crippen LogP contribution in [0, 0.1) is 13.8 Å². The summed E-state index contributed by atoms with van der Waals surface area (Å²) in [6.07, 6.45) is 1.08. The van der Waals surface area contributed by atoms with Crippen molar-refractivity contribution in [3.8, 4) is 0 Å². The first kappa shape index (κ1) is 15.9. The smallest absolute Gasteiger partial charge is 0.144 e. The largest absolute Gasteiger partial charge is 0.370 e. The first-order valence-electron chi connectivity index (χ1n) is 7.24. The van der Waals surface area contributed by atoms with E-state index in [1.807, 2.05) is 19.9 Å². The zero-order valence-electron chi connectivity index (χ0n) is 13.2. The fraction of sp³-hybridized carbons (Fsp3) is 0.533. The third kappa shape index (κ3) is 5.06. The number of anilines is 1. The van der Waals surface area contributed by atoms with Gasteiger partial charge in [-0.3, -0.25) is 4.90 Å². The first-order valence-corrected chi connectivity index (χ1v) is 8.12. The minimum absolute atomic E-state index is 0.721. The zero-order valence-corrected chi connectivity index (χ0v) is 14.0. The van der Waals surface area contributed by atoms with Crippen LogP contribution in [0.25, 0.3) is 0 Å². The summed E-state index contributed by atoms with van der Waals surface area (Å²) in [4.78, 5) is 15.8. The molecule has 114 valence electrons. The van der Waals surface area contributed by atoms with Crippen LogP contribution in [0.15, 0.2) is 11.4 Å². The fourth-order valence-corrected chi connectivity index (χ4v) is 2.70. The standard InChI is InChI=1S/C15H23N5S/c1-5-6-16-14-7-11(2)17-15(19-14)9-20(4)8-13-10-21-12(3)18-13/h7,10H,5-6,8-9H2,1-4H3,(H,16,17,19). The molecule has 2 aromatic rings. The fourth-order valence-electron chi connectivity index (χ4n) is 2.10. The highest BCUT2D eigenvalue weighted by atomic mass is 32.1. The van der Waals surface area contributed by atoms with E-state index in [9.17, 15) is 0 Å². The van der Waals surface area contributed by atoms with Crippen LogP contribution in [0.4, 0.5) is 5.82 Å². The van der Waals surface area contributed by atoms with Crippen molar-refractivity contribution in [3.05, 3.63) is 33.7 Å². The van der Waals surface area contributed by atoms with Crippen molar-refractivity contribution in [2.45, 2.75) is 40.3 Å². The van der Waals surface area contributed by atoms with Crippen molar-refractivity contribution in [1.29, 1.82) is 0 Å². The van der Waals surface area contributed by atoms with Crippen LogP contribution in [0.1, 0.15) is 35.6 Å². The molecule has 0 aromatic carbocycles. The number of aromatic nitrogens is 3. The molecule has 2 aromatic heterocycles. The molecule has 0 aliphatic rings. The maximum Gasteiger partial charge on any atom is 0.144 e. The number of hydrogen-bond donors (Lipinski definition) is 1. The predicted molar refractivity (Wildman–Crippen MR) is 87.6 cm³/mol. The molecule has 0 bridgehead atoms. The molecule has 0 unspecified atom stereocenters. The lowest BCUT2D eigenvalue weighted by molar-refractivity contribution is 0.307. The highest BCUT2D eigenvalue weighted by molar-refractivity contribution is 7.09. The number of thiazole rings is 1. The number of nitrogens with zero attached hydrogens (tertiary/aromatic N) is 4. The van der Waals surface area contributed by atoms with Gasteiger partial charge in [-0.1, -0.05) is 6.92 Å². The Balaban J connectivity index is 1.99. The summed E-state index contributed by atoms with van der Waals surface area (Å²) in [5, 5.41) is 6.54.